The predicted molar refractivity (Wildman–Crippen MR) is 143 cm³/mol. The molecule has 0 aliphatic heterocycles. The minimum absolute atomic E-state index is 0.0803. The molecule has 7 rings (SSSR count). The highest BCUT2D eigenvalue weighted by Crippen LogP contribution is 2.52. The Hall–Kier alpha value is -3.58. The maximum atomic E-state index is 2.55. The molecule has 0 saturated heterocycles. The summed E-state index contributed by atoms with van der Waals surface area (Å²) >= 11 is 0. The zero-order valence-electron chi connectivity index (χ0n) is 19.9. The van der Waals surface area contributed by atoms with Crippen LogP contribution < -0.4 is 0 Å². The van der Waals surface area contributed by atoms with Gasteiger partial charge in [-0.15, -0.1) is 0 Å². The van der Waals surface area contributed by atoms with Gasteiger partial charge in [0.05, 0.1) is 11.2 Å². The van der Waals surface area contributed by atoms with Gasteiger partial charge < -0.3 is 4.57 Å². The van der Waals surface area contributed by atoms with E-state index in [-0.39, 0.29) is 5.41 Å². The van der Waals surface area contributed by atoms with Crippen molar-refractivity contribution in [2.24, 2.45) is 0 Å². The van der Waals surface area contributed by atoms with Crippen LogP contribution in [0.3, 0.4) is 0 Å². The highest BCUT2D eigenvalue weighted by Gasteiger charge is 2.38. The zero-order valence-corrected chi connectivity index (χ0v) is 19.9. The van der Waals surface area contributed by atoms with Gasteiger partial charge in [-0.25, -0.2) is 0 Å². The summed E-state index contributed by atoms with van der Waals surface area (Å²) in [5, 5.41) is 1.40. The topological polar surface area (TPSA) is 4.93 Å². The van der Waals surface area contributed by atoms with Crippen molar-refractivity contribution in [2.45, 2.75) is 44.9 Å². The molecule has 166 valence electrons. The van der Waals surface area contributed by atoms with Crippen LogP contribution in [0.1, 0.15) is 55.5 Å². The van der Waals surface area contributed by atoms with E-state index in [4.69, 9.17) is 0 Å². The number of aryl methyl sites for hydroxylation is 1. The minimum atomic E-state index is 0.0803. The van der Waals surface area contributed by atoms with Crippen LogP contribution in [0.2, 0.25) is 0 Å². The van der Waals surface area contributed by atoms with Gasteiger partial charge in [0, 0.05) is 16.5 Å². The van der Waals surface area contributed by atoms with Gasteiger partial charge in [0.25, 0.3) is 0 Å². The first-order valence-electron chi connectivity index (χ1n) is 12.6. The molecule has 0 saturated carbocycles. The number of benzene rings is 3. The largest absolute Gasteiger partial charge is 0.310 e. The standard InChI is InChI=1S/C33H29N/c1-33(2)29-14-8-6-12-25(29)26-18-16-22(20-30(26)33)23-17-19-28-27-13-7-9-15-31(27)34(32(28)21-23)24-10-4-3-5-11-24/h3-15,20-21H,16-19H2,1-2H3. The SMILES string of the molecule is CC1(C)C2=C(CCC(C3=Cc4c(c5ccccc5n4-c4ccccc4)CC3)=C2)c2ccccc21. The van der Waals surface area contributed by atoms with Gasteiger partial charge in [0.1, 0.15) is 0 Å². The molecule has 0 atom stereocenters. The summed E-state index contributed by atoms with van der Waals surface area (Å²) in [6.45, 7) is 4.79. The summed E-state index contributed by atoms with van der Waals surface area (Å²) < 4.78 is 2.47. The van der Waals surface area contributed by atoms with E-state index in [1.165, 1.54) is 55.7 Å². The molecule has 0 radical (unpaired) electrons. The van der Waals surface area contributed by atoms with Gasteiger partial charge in [0.15, 0.2) is 0 Å². The van der Waals surface area contributed by atoms with E-state index in [1.54, 1.807) is 5.57 Å². The van der Waals surface area contributed by atoms with Crippen LogP contribution in [0.4, 0.5) is 0 Å². The van der Waals surface area contributed by atoms with Crippen LogP contribution in [-0.2, 0) is 11.8 Å². The number of aromatic nitrogens is 1. The molecule has 1 heteroatoms. The van der Waals surface area contributed by atoms with E-state index in [9.17, 15) is 0 Å². The molecule has 3 aliphatic carbocycles. The monoisotopic (exact) mass is 439 g/mol. The Balaban J connectivity index is 1.38. The first-order chi connectivity index (χ1) is 16.6. The normalized spacial score (nSPS) is 18.3. The van der Waals surface area contributed by atoms with Crippen molar-refractivity contribution in [3.8, 4) is 5.69 Å². The lowest BCUT2D eigenvalue weighted by molar-refractivity contribution is 0.649. The smallest absolute Gasteiger partial charge is 0.0537 e. The summed E-state index contributed by atoms with van der Waals surface area (Å²) in [6.07, 6.45) is 9.55. The third-order valence-electron chi connectivity index (χ3n) is 8.29. The number of hydrogen-bond donors (Lipinski definition) is 0. The van der Waals surface area contributed by atoms with Gasteiger partial charge >= 0.3 is 0 Å². The molecular weight excluding hydrogens is 410 g/mol. The van der Waals surface area contributed by atoms with E-state index in [2.05, 4.69) is 109 Å². The lowest BCUT2D eigenvalue weighted by Crippen LogP contribution is -2.17. The van der Waals surface area contributed by atoms with Crippen LogP contribution in [0.15, 0.2) is 102 Å². The number of para-hydroxylation sites is 2. The van der Waals surface area contributed by atoms with Crippen molar-refractivity contribution in [1.29, 1.82) is 0 Å². The second kappa shape index (κ2) is 7.21. The number of hydrogen-bond acceptors (Lipinski definition) is 0. The fraction of sp³-hybridized carbons (Fsp3) is 0.212. The average Bonchev–Trinajstić information content (AvgIpc) is 3.33. The Bertz CT molecular complexity index is 1550. The van der Waals surface area contributed by atoms with Crippen LogP contribution in [0.5, 0.6) is 0 Å². The fourth-order valence-corrected chi connectivity index (χ4v) is 6.60. The first-order valence-corrected chi connectivity index (χ1v) is 12.6. The lowest BCUT2D eigenvalue weighted by Gasteiger charge is -2.27. The Kier molecular flexibility index (Phi) is 4.21. The lowest BCUT2D eigenvalue weighted by atomic mass is 9.77. The van der Waals surface area contributed by atoms with Crippen molar-refractivity contribution in [1.82, 2.24) is 4.57 Å². The molecule has 4 aromatic rings. The van der Waals surface area contributed by atoms with E-state index >= 15 is 0 Å². The highest BCUT2D eigenvalue weighted by atomic mass is 15.0. The van der Waals surface area contributed by atoms with E-state index in [1.807, 2.05) is 0 Å². The highest BCUT2D eigenvalue weighted by molar-refractivity contribution is 5.92. The number of rotatable bonds is 2. The zero-order chi connectivity index (χ0) is 22.9. The van der Waals surface area contributed by atoms with Crippen LogP contribution in [0, 0.1) is 0 Å². The van der Waals surface area contributed by atoms with Gasteiger partial charge in [0.2, 0.25) is 0 Å². The molecule has 0 N–H and O–H groups in total. The predicted octanol–water partition coefficient (Wildman–Crippen LogP) is 8.43. The molecule has 1 heterocycles. The molecule has 0 spiro atoms. The van der Waals surface area contributed by atoms with Crippen LogP contribution in [-0.4, -0.2) is 4.57 Å². The molecule has 0 unspecified atom stereocenters. The average molecular weight is 440 g/mol. The summed E-state index contributed by atoms with van der Waals surface area (Å²) in [5.74, 6) is 0. The molecule has 34 heavy (non-hydrogen) atoms. The third kappa shape index (κ3) is 2.73. The third-order valence-corrected chi connectivity index (χ3v) is 8.29. The first kappa shape index (κ1) is 19.9. The fourth-order valence-electron chi connectivity index (χ4n) is 6.60. The Morgan fingerprint density at radius 1 is 0.676 bits per heavy atom. The van der Waals surface area contributed by atoms with Crippen molar-refractivity contribution in [2.75, 3.05) is 0 Å². The van der Waals surface area contributed by atoms with Crippen molar-refractivity contribution in [3.05, 3.63) is 124 Å². The van der Waals surface area contributed by atoms with Crippen molar-refractivity contribution < 1.29 is 0 Å². The molecule has 1 nitrogen and oxygen atoms in total. The molecular formula is C33H29N. The molecule has 3 aromatic carbocycles. The summed E-state index contributed by atoms with van der Waals surface area (Å²) in [6, 6.07) is 28.8. The van der Waals surface area contributed by atoms with Gasteiger partial charge in [-0.3, -0.25) is 0 Å². The summed E-state index contributed by atoms with van der Waals surface area (Å²) in [5.41, 5.74) is 14.6. The van der Waals surface area contributed by atoms with E-state index in [0.717, 1.165) is 25.7 Å². The Morgan fingerprint density at radius 2 is 1.38 bits per heavy atom. The Labute approximate surface area is 201 Å². The second-order valence-corrected chi connectivity index (χ2v) is 10.5. The van der Waals surface area contributed by atoms with E-state index in [0.29, 0.717) is 0 Å². The molecule has 1 aromatic heterocycles. The van der Waals surface area contributed by atoms with Crippen LogP contribution in [0.25, 0.3) is 28.2 Å². The number of nitrogens with zero attached hydrogens (tertiary/aromatic N) is 1. The van der Waals surface area contributed by atoms with Gasteiger partial charge in [-0.05, 0) is 88.9 Å². The Morgan fingerprint density at radius 3 is 2.26 bits per heavy atom. The van der Waals surface area contributed by atoms with Crippen molar-refractivity contribution in [3.63, 3.8) is 0 Å². The second-order valence-electron chi connectivity index (χ2n) is 10.5. The maximum absolute atomic E-state index is 2.55. The molecule has 3 aliphatic rings. The molecule has 0 fully saturated rings. The number of allylic oxidation sites excluding steroid dienone is 5. The van der Waals surface area contributed by atoms with Crippen molar-refractivity contribution >= 4 is 22.6 Å². The quantitative estimate of drug-likeness (QED) is 0.295. The minimum Gasteiger partial charge on any atom is -0.310 e. The summed E-state index contributed by atoms with van der Waals surface area (Å²) in [4.78, 5) is 0. The molecule has 0 bridgehead atoms. The number of fused-ring (bicyclic) bond motifs is 5. The maximum Gasteiger partial charge on any atom is 0.0537 e. The van der Waals surface area contributed by atoms with Crippen LogP contribution >= 0.6 is 0 Å². The van der Waals surface area contributed by atoms with Gasteiger partial charge in [-0.1, -0.05) is 80.6 Å². The summed E-state index contributed by atoms with van der Waals surface area (Å²) in [7, 11) is 0. The molecule has 0 amide bonds. The van der Waals surface area contributed by atoms with Gasteiger partial charge in [-0.2, -0.15) is 0 Å². The van der Waals surface area contributed by atoms with E-state index < -0.39 is 0 Å².